The SMILES string of the molecule is CCOC(=O)c1sc2ncn(CCOc3cccc(Cl)c3)c(=O)c2c1C. The molecule has 2 aromatic heterocycles. The predicted molar refractivity (Wildman–Crippen MR) is 102 cm³/mol. The normalized spacial score (nSPS) is 10.9. The van der Waals surface area contributed by atoms with Gasteiger partial charge in [-0.3, -0.25) is 9.36 Å². The van der Waals surface area contributed by atoms with E-state index in [2.05, 4.69) is 4.98 Å². The maximum Gasteiger partial charge on any atom is 0.348 e. The molecule has 0 radical (unpaired) electrons. The number of aryl methyl sites for hydroxylation is 1. The molecule has 6 nitrogen and oxygen atoms in total. The van der Waals surface area contributed by atoms with Crippen LogP contribution in [0.3, 0.4) is 0 Å². The summed E-state index contributed by atoms with van der Waals surface area (Å²) in [5, 5.41) is 1.03. The Morgan fingerprint density at radius 1 is 1.38 bits per heavy atom. The molecule has 0 unspecified atom stereocenters. The quantitative estimate of drug-likeness (QED) is 0.598. The number of thiophene rings is 1. The number of hydrogen-bond acceptors (Lipinski definition) is 6. The third kappa shape index (κ3) is 3.73. The smallest absolute Gasteiger partial charge is 0.348 e. The number of carbonyl (C=O) groups is 1. The van der Waals surface area contributed by atoms with Crippen molar-refractivity contribution in [3.8, 4) is 5.75 Å². The van der Waals surface area contributed by atoms with Crippen LogP contribution in [0.5, 0.6) is 5.75 Å². The van der Waals surface area contributed by atoms with Gasteiger partial charge in [-0.2, -0.15) is 0 Å². The molecule has 2 heterocycles. The summed E-state index contributed by atoms with van der Waals surface area (Å²) in [6.07, 6.45) is 1.47. The zero-order valence-electron chi connectivity index (χ0n) is 14.3. The van der Waals surface area contributed by atoms with Gasteiger partial charge in [0.1, 0.15) is 22.1 Å². The van der Waals surface area contributed by atoms with E-state index in [1.807, 2.05) is 0 Å². The monoisotopic (exact) mass is 392 g/mol. The Balaban J connectivity index is 1.81. The van der Waals surface area contributed by atoms with Crippen LogP contribution >= 0.6 is 22.9 Å². The minimum absolute atomic E-state index is 0.200. The lowest BCUT2D eigenvalue weighted by atomic mass is 10.2. The molecular weight excluding hydrogens is 376 g/mol. The van der Waals surface area contributed by atoms with Gasteiger partial charge in [-0.05, 0) is 37.6 Å². The van der Waals surface area contributed by atoms with Gasteiger partial charge in [-0.15, -0.1) is 11.3 Å². The largest absolute Gasteiger partial charge is 0.492 e. The topological polar surface area (TPSA) is 70.4 Å². The van der Waals surface area contributed by atoms with Crippen molar-refractivity contribution in [2.45, 2.75) is 20.4 Å². The van der Waals surface area contributed by atoms with Gasteiger partial charge >= 0.3 is 5.97 Å². The third-order valence-corrected chi connectivity index (χ3v) is 5.19. The zero-order chi connectivity index (χ0) is 18.7. The highest BCUT2D eigenvalue weighted by Crippen LogP contribution is 2.27. The zero-order valence-corrected chi connectivity index (χ0v) is 15.9. The molecule has 0 aliphatic rings. The summed E-state index contributed by atoms with van der Waals surface area (Å²) in [5.74, 6) is 0.208. The highest BCUT2D eigenvalue weighted by atomic mass is 35.5. The Labute approximate surface area is 159 Å². The van der Waals surface area contributed by atoms with Gasteiger partial charge < -0.3 is 9.47 Å². The van der Waals surface area contributed by atoms with Crippen molar-refractivity contribution in [2.75, 3.05) is 13.2 Å². The molecule has 8 heteroatoms. The van der Waals surface area contributed by atoms with Gasteiger partial charge in [0.05, 0.1) is 24.9 Å². The number of hydrogen-bond donors (Lipinski definition) is 0. The maximum atomic E-state index is 12.7. The number of fused-ring (bicyclic) bond motifs is 1. The summed E-state index contributed by atoms with van der Waals surface area (Å²) < 4.78 is 12.1. The fourth-order valence-electron chi connectivity index (χ4n) is 2.53. The Bertz CT molecular complexity index is 1010. The Morgan fingerprint density at radius 3 is 2.92 bits per heavy atom. The lowest BCUT2D eigenvalue weighted by Crippen LogP contribution is -2.23. The number of esters is 1. The maximum absolute atomic E-state index is 12.7. The second-order valence-corrected chi connectivity index (χ2v) is 6.94. The number of carbonyl (C=O) groups excluding carboxylic acids is 1. The molecule has 0 bridgehead atoms. The van der Waals surface area contributed by atoms with Crippen molar-refractivity contribution in [1.29, 1.82) is 0 Å². The molecule has 0 atom stereocenters. The summed E-state index contributed by atoms with van der Waals surface area (Å²) in [4.78, 5) is 30.0. The van der Waals surface area contributed by atoms with Gasteiger partial charge in [0.2, 0.25) is 0 Å². The van der Waals surface area contributed by atoms with Crippen LogP contribution < -0.4 is 10.3 Å². The molecule has 0 aliphatic carbocycles. The molecule has 0 fully saturated rings. The van der Waals surface area contributed by atoms with Crippen LogP contribution in [-0.2, 0) is 11.3 Å². The Kier molecular flexibility index (Phi) is 5.58. The van der Waals surface area contributed by atoms with Gasteiger partial charge in [0, 0.05) is 5.02 Å². The minimum Gasteiger partial charge on any atom is -0.492 e. The van der Waals surface area contributed by atoms with Crippen molar-refractivity contribution in [1.82, 2.24) is 9.55 Å². The van der Waals surface area contributed by atoms with Crippen molar-refractivity contribution >= 4 is 39.1 Å². The molecule has 136 valence electrons. The van der Waals surface area contributed by atoms with Crippen LogP contribution in [0.4, 0.5) is 0 Å². The van der Waals surface area contributed by atoms with Gasteiger partial charge in [-0.25, -0.2) is 9.78 Å². The van der Waals surface area contributed by atoms with Gasteiger partial charge in [0.15, 0.2) is 0 Å². The van der Waals surface area contributed by atoms with E-state index in [9.17, 15) is 9.59 Å². The number of rotatable bonds is 6. The van der Waals surface area contributed by atoms with Crippen molar-refractivity contribution in [3.05, 3.63) is 56.4 Å². The molecule has 1 aromatic carbocycles. The van der Waals surface area contributed by atoms with Gasteiger partial charge in [0.25, 0.3) is 5.56 Å². The molecule has 3 rings (SSSR count). The van der Waals surface area contributed by atoms with E-state index in [4.69, 9.17) is 21.1 Å². The molecule has 26 heavy (non-hydrogen) atoms. The Hall–Kier alpha value is -2.38. The van der Waals surface area contributed by atoms with E-state index in [0.717, 1.165) is 0 Å². The van der Waals surface area contributed by atoms with Crippen molar-refractivity contribution in [2.24, 2.45) is 0 Å². The fourth-order valence-corrected chi connectivity index (χ4v) is 3.74. The van der Waals surface area contributed by atoms with Crippen molar-refractivity contribution in [3.63, 3.8) is 0 Å². The van der Waals surface area contributed by atoms with Crippen LogP contribution in [-0.4, -0.2) is 28.7 Å². The number of halogens is 1. The Morgan fingerprint density at radius 2 is 2.19 bits per heavy atom. The summed E-state index contributed by atoms with van der Waals surface area (Å²) >= 11 is 7.09. The first-order valence-electron chi connectivity index (χ1n) is 8.05. The molecule has 0 aliphatic heterocycles. The molecule has 0 spiro atoms. The predicted octanol–water partition coefficient (Wildman–Crippen LogP) is 3.68. The van der Waals surface area contributed by atoms with Crippen LogP contribution in [0.1, 0.15) is 22.2 Å². The second-order valence-electron chi connectivity index (χ2n) is 5.51. The van der Waals surface area contributed by atoms with E-state index in [0.29, 0.717) is 44.6 Å². The number of aromatic nitrogens is 2. The van der Waals surface area contributed by atoms with E-state index in [1.165, 1.54) is 22.2 Å². The average Bonchev–Trinajstić information content (AvgIpc) is 2.95. The number of benzene rings is 1. The lowest BCUT2D eigenvalue weighted by molar-refractivity contribution is 0.0531. The van der Waals surface area contributed by atoms with E-state index in [1.54, 1.807) is 38.1 Å². The fraction of sp³-hybridized carbons (Fsp3) is 0.278. The van der Waals surface area contributed by atoms with Crippen LogP contribution in [0, 0.1) is 6.92 Å². The molecule has 0 amide bonds. The standard InChI is InChI=1S/C18H17ClN2O4S/c1-3-24-18(23)15-11(2)14-16(26-15)20-10-21(17(14)22)7-8-25-13-6-4-5-12(19)9-13/h4-6,9-10H,3,7-8H2,1-2H3. The van der Waals surface area contributed by atoms with E-state index >= 15 is 0 Å². The highest BCUT2D eigenvalue weighted by Gasteiger charge is 2.20. The summed E-state index contributed by atoms with van der Waals surface area (Å²) in [6, 6.07) is 7.06. The molecule has 3 aromatic rings. The van der Waals surface area contributed by atoms with E-state index in [-0.39, 0.29) is 12.2 Å². The third-order valence-electron chi connectivity index (χ3n) is 3.78. The van der Waals surface area contributed by atoms with Gasteiger partial charge in [-0.1, -0.05) is 17.7 Å². The number of ether oxygens (including phenoxy) is 2. The lowest BCUT2D eigenvalue weighted by Gasteiger charge is -2.08. The second kappa shape index (κ2) is 7.88. The average molecular weight is 393 g/mol. The summed E-state index contributed by atoms with van der Waals surface area (Å²) in [5.41, 5.74) is 0.403. The van der Waals surface area contributed by atoms with Crippen molar-refractivity contribution < 1.29 is 14.3 Å². The molecule has 0 N–H and O–H groups in total. The highest BCUT2D eigenvalue weighted by molar-refractivity contribution is 7.20. The minimum atomic E-state index is -0.428. The first kappa shape index (κ1) is 18.4. The summed E-state index contributed by atoms with van der Waals surface area (Å²) in [7, 11) is 0. The van der Waals surface area contributed by atoms with Crippen LogP contribution in [0.25, 0.3) is 10.2 Å². The summed E-state index contributed by atoms with van der Waals surface area (Å²) in [6.45, 7) is 4.39. The first-order valence-corrected chi connectivity index (χ1v) is 9.24. The molecule has 0 saturated heterocycles. The van der Waals surface area contributed by atoms with Crippen LogP contribution in [0.15, 0.2) is 35.4 Å². The molecule has 0 saturated carbocycles. The van der Waals surface area contributed by atoms with E-state index < -0.39 is 5.97 Å². The number of nitrogens with zero attached hydrogens (tertiary/aromatic N) is 2. The first-order chi connectivity index (χ1) is 12.5. The van der Waals surface area contributed by atoms with Crippen LogP contribution in [0.2, 0.25) is 5.02 Å². The molecular formula is C18H17ClN2O4S.